The third-order valence-corrected chi connectivity index (χ3v) is 4.91. The van der Waals surface area contributed by atoms with Crippen molar-refractivity contribution in [3.8, 4) is 6.01 Å². The average molecular weight is 386 g/mol. The van der Waals surface area contributed by atoms with Gasteiger partial charge in [0.05, 0.1) is 18.4 Å². The number of carbonyl (C=O) groups excluding carboxylic acids is 1. The second-order valence-corrected chi connectivity index (χ2v) is 7.20. The molecule has 0 fully saturated rings. The minimum absolute atomic E-state index is 0.0939. The van der Waals surface area contributed by atoms with Crippen LogP contribution >= 0.6 is 0 Å². The number of aromatic nitrogens is 3. The molecule has 0 atom stereocenters. The quantitative estimate of drug-likeness (QED) is 0.697. The number of sulfonamides is 1. The van der Waals surface area contributed by atoms with Crippen molar-refractivity contribution in [1.82, 2.24) is 15.0 Å². The lowest BCUT2D eigenvalue weighted by Crippen LogP contribution is -2.33. The van der Waals surface area contributed by atoms with Crippen molar-refractivity contribution >= 4 is 21.5 Å². The molecule has 1 aromatic carbocycles. The van der Waals surface area contributed by atoms with Crippen LogP contribution in [0, 0.1) is 13.8 Å². The van der Waals surface area contributed by atoms with E-state index in [0.717, 1.165) is 7.05 Å². The van der Waals surface area contributed by atoms with Gasteiger partial charge in [0.2, 0.25) is 11.6 Å². The number of methoxy groups -OCH3 is 1. The molecule has 0 aliphatic carbocycles. The van der Waals surface area contributed by atoms with Gasteiger partial charge in [-0.25, -0.2) is 13.4 Å². The molecular formula is C15H16F2N4O4S. The summed E-state index contributed by atoms with van der Waals surface area (Å²) in [6, 6.07) is 4.22. The molecule has 0 radical (unpaired) electrons. The van der Waals surface area contributed by atoms with E-state index in [1.807, 2.05) is 0 Å². The van der Waals surface area contributed by atoms with E-state index < -0.39 is 21.6 Å². The molecule has 0 saturated carbocycles. The highest BCUT2D eigenvalue weighted by Crippen LogP contribution is 2.29. The van der Waals surface area contributed by atoms with Crippen LogP contribution in [-0.4, -0.2) is 49.1 Å². The zero-order chi connectivity index (χ0) is 19.6. The highest BCUT2D eigenvalue weighted by atomic mass is 32.2. The van der Waals surface area contributed by atoms with E-state index in [1.165, 1.54) is 39.2 Å². The molecule has 8 nitrogen and oxygen atoms in total. The van der Waals surface area contributed by atoms with Crippen LogP contribution in [0.5, 0.6) is 6.01 Å². The van der Waals surface area contributed by atoms with E-state index in [2.05, 4.69) is 15.0 Å². The Hall–Kier alpha value is -2.69. The van der Waals surface area contributed by atoms with Gasteiger partial charge in [-0.05, 0) is 25.5 Å². The van der Waals surface area contributed by atoms with Gasteiger partial charge < -0.3 is 4.74 Å². The fraction of sp³-hybridized carbons (Fsp3) is 0.333. The minimum Gasteiger partial charge on any atom is -0.467 e. The largest absolute Gasteiger partial charge is 0.467 e. The van der Waals surface area contributed by atoms with E-state index in [1.54, 1.807) is 0 Å². The second kappa shape index (κ2) is 7.28. The topological polar surface area (TPSA) is 102 Å². The molecule has 0 unspecified atom stereocenters. The van der Waals surface area contributed by atoms with Crippen LogP contribution in [0.25, 0.3) is 0 Å². The Bertz CT molecular complexity index is 951. The molecule has 1 aromatic heterocycles. The van der Waals surface area contributed by atoms with Crippen molar-refractivity contribution in [2.24, 2.45) is 0 Å². The predicted octanol–water partition coefficient (Wildman–Crippen LogP) is 1.72. The van der Waals surface area contributed by atoms with Gasteiger partial charge in [-0.3, -0.25) is 9.10 Å². The minimum atomic E-state index is -4.94. The van der Waals surface area contributed by atoms with Crippen LogP contribution in [0.1, 0.15) is 27.6 Å². The van der Waals surface area contributed by atoms with Crippen molar-refractivity contribution in [1.29, 1.82) is 0 Å². The van der Waals surface area contributed by atoms with Crippen LogP contribution in [0.3, 0.4) is 0 Å². The van der Waals surface area contributed by atoms with E-state index in [-0.39, 0.29) is 28.9 Å². The third-order valence-electron chi connectivity index (χ3n) is 3.52. The summed E-state index contributed by atoms with van der Waals surface area (Å²) in [5.41, 5.74) is 0.0135. The number of anilines is 1. The average Bonchev–Trinajstić information content (AvgIpc) is 2.59. The van der Waals surface area contributed by atoms with Gasteiger partial charge in [0.1, 0.15) is 5.82 Å². The molecule has 0 aliphatic rings. The summed E-state index contributed by atoms with van der Waals surface area (Å²) in [5.74, 6) is -4.45. The number of hydrogen-bond donors (Lipinski definition) is 0. The first kappa shape index (κ1) is 19.6. The Balaban J connectivity index is 2.63. The molecule has 0 amide bonds. The SMILES string of the molecule is COc1nc(C)nc(C(=O)c2cccc(C)c2N(C)S(=O)(=O)C(F)F)n1. The molecule has 2 rings (SSSR count). The third kappa shape index (κ3) is 3.62. The van der Waals surface area contributed by atoms with E-state index in [9.17, 15) is 22.0 Å². The molecular weight excluding hydrogens is 370 g/mol. The smallest absolute Gasteiger partial charge is 0.355 e. The van der Waals surface area contributed by atoms with Gasteiger partial charge in [0.25, 0.3) is 10.0 Å². The summed E-state index contributed by atoms with van der Waals surface area (Å²) in [6.45, 7) is 3.02. The Morgan fingerprint density at radius 1 is 1.19 bits per heavy atom. The highest BCUT2D eigenvalue weighted by Gasteiger charge is 2.33. The van der Waals surface area contributed by atoms with Gasteiger partial charge in [0.15, 0.2) is 0 Å². The van der Waals surface area contributed by atoms with Crippen molar-refractivity contribution in [2.75, 3.05) is 18.5 Å². The van der Waals surface area contributed by atoms with Crippen molar-refractivity contribution in [2.45, 2.75) is 19.6 Å². The molecule has 140 valence electrons. The van der Waals surface area contributed by atoms with Crippen LogP contribution < -0.4 is 9.04 Å². The predicted molar refractivity (Wildman–Crippen MR) is 89.1 cm³/mol. The Labute approximate surface area is 148 Å². The lowest BCUT2D eigenvalue weighted by molar-refractivity contribution is 0.102. The fourth-order valence-corrected chi connectivity index (χ4v) is 3.01. The molecule has 26 heavy (non-hydrogen) atoms. The standard InChI is InChI=1S/C15H16F2N4O4S/c1-8-6-5-7-10(11(8)21(3)26(23,24)14(16)17)12(22)13-18-9(2)19-15(20-13)25-4/h5-7,14H,1-4H3. The number of ether oxygens (including phenoxy) is 1. The number of benzene rings is 1. The maximum Gasteiger partial charge on any atom is 0.355 e. The summed E-state index contributed by atoms with van der Waals surface area (Å²) >= 11 is 0. The van der Waals surface area contributed by atoms with Crippen LogP contribution in [0.15, 0.2) is 18.2 Å². The van der Waals surface area contributed by atoms with Crippen molar-refractivity contribution in [3.05, 3.63) is 41.0 Å². The number of ketones is 1. The number of nitrogens with zero attached hydrogens (tertiary/aromatic N) is 4. The normalized spacial score (nSPS) is 11.5. The zero-order valence-corrected chi connectivity index (χ0v) is 15.2. The summed E-state index contributed by atoms with van der Waals surface area (Å²) < 4.78 is 54.8. The maximum absolute atomic E-state index is 12.9. The summed E-state index contributed by atoms with van der Waals surface area (Å²) in [7, 11) is -2.67. The van der Waals surface area contributed by atoms with Crippen LogP contribution in [0.2, 0.25) is 0 Å². The first-order valence-corrected chi connectivity index (χ1v) is 8.76. The van der Waals surface area contributed by atoms with Gasteiger partial charge in [-0.2, -0.15) is 18.7 Å². The van der Waals surface area contributed by atoms with E-state index >= 15 is 0 Å². The first-order chi connectivity index (χ1) is 12.1. The van der Waals surface area contributed by atoms with Crippen LogP contribution in [0.4, 0.5) is 14.5 Å². The number of halogens is 2. The summed E-state index contributed by atoms with van der Waals surface area (Å²) in [5, 5.41) is 0. The van der Waals surface area contributed by atoms with Gasteiger partial charge >= 0.3 is 11.8 Å². The number of carbonyl (C=O) groups is 1. The molecule has 2 aromatic rings. The number of aryl methyl sites for hydroxylation is 2. The number of rotatable bonds is 6. The molecule has 11 heteroatoms. The van der Waals surface area contributed by atoms with Gasteiger partial charge in [0, 0.05) is 7.05 Å². The van der Waals surface area contributed by atoms with Crippen LogP contribution in [-0.2, 0) is 10.0 Å². The number of hydrogen-bond acceptors (Lipinski definition) is 7. The Kier molecular flexibility index (Phi) is 5.50. The fourth-order valence-electron chi connectivity index (χ4n) is 2.28. The number of para-hydroxylation sites is 1. The Morgan fingerprint density at radius 3 is 2.42 bits per heavy atom. The molecule has 0 N–H and O–H groups in total. The Morgan fingerprint density at radius 2 is 1.85 bits per heavy atom. The van der Waals surface area contributed by atoms with Gasteiger partial charge in [-0.15, -0.1) is 0 Å². The maximum atomic E-state index is 12.9. The first-order valence-electron chi connectivity index (χ1n) is 7.26. The van der Waals surface area contributed by atoms with E-state index in [4.69, 9.17) is 4.74 Å². The van der Waals surface area contributed by atoms with Crippen molar-refractivity contribution in [3.63, 3.8) is 0 Å². The van der Waals surface area contributed by atoms with Crippen molar-refractivity contribution < 1.29 is 26.7 Å². The molecule has 0 aliphatic heterocycles. The second-order valence-electron chi connectivity index (χ2n) is 5.27. The van der Waals surface area contributed by atoms with Gasteiger partial charge in [-0.1, -0.05) is 12.1 Å². The van der Waals surface area contributed by atoms with E-state index in [0.29, 0.717) is 9.87 Å². The zero-order valence-electron chi connectivity index (χ0n) is 14.4. The molecule has 1 heterocycles. The molecule has 0 bridgehead atoms. The molecule has 0 saturated heterocycles. The lowest BCUT2D eigenvalue weighted by atomic mass is 10.0. The highest BCUT2D eigenvalue weighted by molar-refractivity contribution is 7.93. The summed E-state index contributed by atoms with van der Waals surface area (Å²) in [6.07, 6.45) is 0. The summed E-state index contributed by atoms with van der Waals surface area (Å²) in [4.78, 5) is 24.5. The monoisotopic (exact) mass is 386 g/mol. The lowest BCUT2D eigenvalue weighted by Gasteiger charge is -2.23. The molecule has 0 spiro atoms. The number of alkyl halides is 2.